The molecule has 0 amide bonds. The molecule has 3 aromatic rings. The van der Waals surface area contributed by atoms with Gasteiger partial charge in [0.05, 0.1) is 10.9 Å². The van der Waals surface area contributed by atoms with E-state index in [-0.39, 0.29) is 34.5 Å². The molecule has 2 aromatic heterocycles. The smallest absolute Gasteiger partial charge is 0.207 e. The van der Waals surface area contributed by atoms with E-state index in [0.717, 1.165) is 83.6 Å². The first-order valence-electron chi connectivity index (χ1n) is 14.7. The lowest BCUT2D eigenvalue weighted by molar-refractivity contribution is 0.261. The molecular weight excluding hydrogens is 510 g/mol. The van der Waals surface area contributed by atoms with E-state index in [4.69, 9.17) is 4.98 Å². The van der Waals surface area contributed by atoms with E-state index in [9.17, 15) is 9.50 Å². The predicted molar refractivity (Wildman–Crippen MR) is 148 cm³/mol. The normalized spacial score (nSPS) is 25.3. The number of anilines is 1. The third-order valence-electron chi connectivity index (χ3n) is 9.69. The van der Waals surface area contributed by atoms with Gasteiger partial charge in [0.2, 0.25) is 5.82 Å². The first-order chi connectivity index (χ1) is 19.5. The number of nitrogens with zero attached hydrogens (tertiary/aromatic N) is 5. The summed E-state index contributed by atoms with van der Waals surface area (Å²) in [4.78, 5) is 18.8. The largest absolute Gasteiger partial charge is 0.508 e. The molecule has 6 aliphatic rings. The van der Waals surface area contributed by atoms with Crippen molar-refractivity contribution >= 4 is 16.7 Å². The summed E-state index contributed by atoms with van der Waals surface area (Å²) in [6, 6.07) is 3.13. The van der Waals surface area contributed by atoms with Gasteiger partial charge >= 0.3 is 0 Å². The molecule has 9 heteroatoms. The highest BCUT2D eigenvalue weighted by molar-refractivity contribution is 5.92. The maximum atomic E-state index is 16.5. The third kappa shape index (κ3) is 3.87. The van der Waals surface area contributed by atoms with Crippen LogP contribution in [0.3, 0.4) is 0 Å². The van der Waals surface area contributed by atoms with Crippen LogP contribution < -0.4 is 10.2 Å². The van der Waals surface area contributed by atoms with Crippen molar-refractivity contribution in [3.05, 3.63) is 41.4 Å². The highest BCUT2D eigenvalue weighted by Gasteiger charge is 2.43. The van der Waals surface area contributed by atoms with E-state index in [2.05, 4.69) is 36.9 Å². The highest BCUT2D eigenvalue weighted by Crippen LogP contribution is 2.47. The fourth-order valence-corrected chi connectivity index (χ4v) is 7.54. The number of halogens is 2. The number of phenols is 1. The van der Waals surface area contributed by atoms with E-state index in [1.807, 2.05) is 0 Å². The average Bonchev–Trinajstić information content (AvgIpc) is 3.59. The molecule has 5 aliphatic heterocycles. The molecule has 9 rings (SSSR count). The molecule has 2 bridgehead atoms. The minimum absolute atomic E-state index is 0.00551. The summed E-state index contributed by atoms with van der Waals surface area (Å²) in [7, 11) is 0. The molecule has 7 heterocycles. The molecule has 40 heavy (non-hydrogen) atoms. The Bertz CT molecular complexity index is 1580. The molecule has 7 nitrogen and oxygen atoms in total. The Kier molecular flexibility index (Phi) is 5.55. The van der Waals surface area contributed by atoms with Crippen molar-refractivity contribution in [1.29, 1.82) is 0 Å². The number of hydrogen-bond acceptors (Lipinski definition) is 7. The van der Waals surface area contributed by atoms with Gasteiger partial charge in [-0.1, -0.05) is 5.92 Å². The Hall–Kier alpha value is -3.35. The molecule has 2 N–H and O–H groups in total. The summed E-state index contributed by atoms with van der Waals surface area (Å²) < 4.78 is 31.5. The van der Waals surface area contributed by atoms with Crippen molar-refractivity contribution in [3.63, 3.8) is 0 Å². The molecule has 6 fully saturated rings. The Labute approximate surface area is 232 Å². The second-order valence-corrected chi connectivity index (χ2v) is 12.2. The lowest BCUT2D eigenvalue weighted by Gasteiger charge is -2.46. The fourth-order valence-electron chi connectivity index (χ4n) is 7.54. The van der Waals surface area contributed by atoms with Crippen LogP contribution in [0.2, 0.25) is 0 Å². The SMILES string of the molecule is Oc1cc(F)c(C2CC2)c(-c2ncc3c(N4C[C@H]5CC[C@@H]4CN5)nc(C#CC45CCCN4CCC5)nc3c2F)c1. The summed E-state index contributed by atoms with van der Waals surface area (Å²) in [5.41, 5.74) is 0.725. The first kappa shape index (κ1) is 24.4. The number of hydrogen-bond donors (Lipinski definition) is 2. The topological polar surface area (TPSA) is 77.4 Å². The molecule has 2 atom stereocenters. The Balaban J connectivity index is 1.31. The average molecular weight is 543 g/mol. The second kappa shape index (κ2) is 9.08. The van der Waals surface area contributed by atoms with Crippen molar-refractivity contribution in [2.45, 2.75) is 74.9 Å². The third-order valence-corrected chi connectivity index (χ3v) is 9.69. The minimum Gasteiger partial charge on any atom is -0.508 e. The number of aromatic nitrogens is 3. The molecule has 1 saturated carbocycles. The Morgan fingerprint density at radius 1 is 1.05 bits per heavy atom. The number of benzene rings is 1. The highest BCUT2D eigenvalue weighted by atomic mass is 19.1. The fraction of sp³-hybridized carbons (Fsp3) is 0.516. The van der Waals surface area contributed by atoms with Crippen LogP contribution in [0, 0.1) is 23.5 Å². The van der Waals surface area contributed by atoms with Crippen molar-refractivity contribution in [1.82, 2.24) is 25.2 Å². The van der Waals surface area contributed by atoms with Gasteiger partial charge in [-0.3, -0.25) is 9.88 Å². The van der Waals surface area contributed by atoms with Crippen LogP contribution in [-0.4, -0.2) is 68.8 Å². The lowest BCUT2D eigenvalue weighted by atomic mass is 9.92. The summed E-state index contributed by atoms with van der Waals surface area (Å²) in [6.45, 7) is 3.77. The molecule has 206 valence electrons. The predicted octanol–water partition coefficient (Wildman–Crippen LogP) is 4.47. The van der Waals surface area contributed by atoms with Gasteiger partial charge in [-0.25, -0.2) is 18.7 Å². The Morgan fingerprint density at radius 3 is 2.58 bits per heavy atom. The minimum atomic E-state index is -0.627. The number of nitrogens with one attached hydrogen (secondary N) is 1. The summed E-state index contributed by atoms with van der Waals surface area (Å²) in [5, 5.41) is 14.3. The summed E-state index contributed by atoms with van der Waals surface area (Å²) in [6.07, 6.45) is 9.78. The van der Waals surface area contributed by atoms with Crippen LogP contribution in [0.15, 0.2) is 18.3 Å². The zero-order chi connectivity index (χ0) is 27.0. The van der Waals surface area contributed by atoms with Gasteiger partial charge < -0.3 is 15.3 Å². The maximum Gasteiger partial charge on any atom is 0.207 e. The van der Waals surface area contributed by atoms with Crippen LogP contribution in [0.1, 0.15) is 68.7 Å². The maximum absolute atomic E-state index is 16.5. The van der Waals surface area contributed by atoms with Gasteiger partial charge in [0, 0.05) is 48.6 Å². The Morgan fingerprint density at radius 2 is 1.88 bits per heavy atom. The molecular formula is C31H32F2N6O. The molecule has 0 unspecified atom stereocenters. The van der Waals surface area contributed by atoms with Gasteiger partial charge in [0.15, 0.2) is 5.82 Å². The summed E-state index contributed by atoms with van der Waals surface area (Å²) >= 11 is 0. The van der Waals surface area contributed by atoms with Crippen molar-refractivity contribution in [2.75, 3.05) is 31.1 Å². The van der Waals surface area contributed by atoms with Crippen molar-refractivity contribution in [2.24, 2.45) is 0 Å². The molecule has 0 spiro atoms. The molecule has 1 aliphatic carbocycles. The van der Waals surface area contributed by atoms with E-state index >= 15 is 4.39 Å². The number of piperazine rings is 1. The molecule has 5 saturated heterocycles. The first-order valence-corrected chi connectivity index (χ1v) is 14.7. The van der Waals surface area contributed by atoms with Gasteiger partial charge in [0.25, 0.3) is 0 Å². The van der Waals surface area contributed by atoms with Gasteiger partial charge in [-0.2, -0.15) is 0 Å². The van der Waals surface area contributed by atoms with Crippen molar-refractivity contribution in [3.8, 4) is 28.8 Å². The number of rotatable bonds is 3. The molecule has 0 radical (unpaired) electrons. The number of pyridine rings is 1. The number of fused-ring (bicyclic) bond motifs is 5. The van der Waals surface area contributed by atoms with Crippen LogP contribution in [0.25, 0.3) is 22.2 Å². The zero-order valence-corrected chi connectivity index (χ0v) is 22.4. The standard InChI is InChI=1S/C31H32F2N6O/c32-24-14-21(40)13-22(26(24)18-3-4-18)28-27(33)29-23(16-35-28)30(39-17-19-5-6-20(39)15-34-19)37-25(36-29)7-10-31-8-1-11-38(31)12-2-9-31/h13-14,16,18-20,34,40H,1-6,8-9,11-12,15,17H2/t19-,20-/m1/s1. The van der Waals surface area contributed by atoms with Gasteiger partial charge in [0.1, 0.15) is 28.6 Å². The van der Waals surface area contributed by atoms with E-state index in [0.29, 0.717) is 34.2 Å². The van der Waals surface area contributed by atoms with E-state index in [1.165, 1.54) is 6.07 Å². The number of aromatic hydroxyl groups is 1. The zero-order valence-electron chi connectivity index (χ0n) is 22.4. The van der Waals surface area contributed by atoms with Gasteiger partial charge in [-0.15, -0.1) is 0 Å². The van der Waals surface area contributed by atoms with Crippen LogP contribution in [0.5, 0.6) is 5.75 Å². The summed E-state index contributed by atoms with van der Waals surface area (Å²) in [5.74, 6) is 6.36. The van der Waals surface area contributed by atoms with Gasteiger partial charge in [-0.05, 0) is 82.4 Å². The van der Waals surface area contributed by atoms with Crippen LogP contribution >= 0.6 is 0 Å². The molecule has 1 aromatic carbocycles. The van der Waals surface area contributed by atoms with Crippen LogP contribution in [0.4, 0.5) is 14.6 Å². The number of piperidine rings is 2. The quantitative estimate of drug-likeness (QED) is 0.473. The van der Waals surface area contributed by atoms with E-state index < -0.39 is 11.6 Å². The second-order valence-electron chi connectivity index (χ2n) is 12.2. The van der Waals surface area contributed by atoms with E-state index in [1.54, 1.807) is 6.20 Å². The van der Waals surface area contributed by atoms with Crippen molar-refractivity contribution < 1.29 is 13.9 Å². The van der Waals surface area contributed by atoms with Crippen LogP contribution in [-0.2, 0) is 0 Å². The lowest BCUT2D eigenvalue weighted by Crippen LogP contribution is -2.61. The monoisotopic (exact) mass is 542 g/mol. The number of phenolic OH excluding ortho intramolecular Hbond substituents is 1.